The van der Waals surface area contributed by atoms with Gasteiger partial charge in [-0.2, -0.15) is 0 Å². The number of aromatic nitrogens is 2. The number of benzene rings is 2. The van der Waals surface area contributed by atoms with Gasteiger partial charge in [0.2, 0.25) is 11.9 Å². The molecular weight excluding hydrogens is 429 g/mol. The molecule has 138 valence electrons. The zero-order chi connectivity index (χ0) is 18.8. The lowest BCUT2D eigenvalue weighted by atomic mass is 10.2. The quantitative estimate of drug-likeness (QED) is 0.439. The first-order chi connectivity index (χ1) is 13.1. The zero-order valence-corrected chi connectivity index (χ0v) is 16.7. The van der Waals surface area contributed by atoms with E-state index in [1.807, 2.05) is 6.07 Å². The van der Waals surface area contributed by atoms with E-state index in [2.05, 4.69) is 15.5 Å². The van der Waals surface area contributed by atoms with E-state index in [1.54, 1.807) is 30.3 Å². The summed E-state index contributed by atoms with van der Waals surface area (Å²) >= 11 is 14.8. The average molecular weight is 440 g/mol. The molecule has 0 aliphatic carbocycles. The van der Waals surface area contributed by atoms with E-state index in [9.17, 15) is 4.79 Å². The van der Waals surface area contributed by atoms with Gasteiger partial charge >= 0.3 is 0 Å². The summed E-state index contributed by atoms with van der Waals surface area (Å²) in [4.78, 5) is 12.4. The van der Waals surface area contributed by atoms with Crippen LogP contribution in [-0.4, -0.2) is 22.9 Å². The van der Waals surface area contributed by atoms with E-state index < -0.39 is 0 Å². The minimum atomic E-state index is -0.290. The predicted octanol–water partition coefficient (Wildman–Crippen LogP) is 5.12. The van der Waals surface area contributed by atoms with Crippen LogP contribution in [0.4, 0.5) is 5.13 Å². The molecule has 0 bridgehead atoms. The van der Waals surface area contributed by atoms with Crippen LogP contribution in [0.1, 0.15) is 15.9 Å². The number of carbonyl (C=O) groups excluding carboxylic acids is 1. The summed E-state index contributed by atoms with van der Waals surface area (Å²) < 4.78 is 11.2. The van der Waals surface area contributed by atoms with E-state index in [0.29, 0.717) is 38.0 Å². The number of ether oxygens (including phenoxy) is 2. The van der Waals surface area contributed by atoms with Gasteiger partial charge in [-0.05, 0) is 35.9 Å². The van der Waals surface area contributed by atoms with Gasteiger partial charge in [0.05, 0.1) is 0 Å². The van der Waals surface area contributed by atoms with Crippen molar-refractivity contribution in [3.63, 3.8) is 0 Å². The van der Waals surface area contributed by atoms with Gasteiger partial charge in [-0.1, -0.05) is 52.4 Å². The van der Waals surface area contributed by atoms with Crippen LogP contribution in [0.15, 0.2) is 40.7 Å². The molecule has 2 aromatic carbocycles. The summed E-state index contributed by atoms with van der Waals surface area (Å²) in [5.41, 5.74) is 1.41. The molecule has 1 amide bonds. The Hall–Kier alpha value is -2.00. The first-order valence-corrected chi connectivity index (χ1v) is 10.3. The highest BCUT2D eigenvalue weighted by Crippen LogP contribution is 2.34. The fourth-order valence-corrected chi connectivity index (χ4v) is 4.61. The Balaban J connectivity index is 1.38. The van der Waals surface area contributed by atoms with E-state index >= 15 is 0 Å². The van der Waals surface area contributed by atoms with Gasteiger partial charge < -0.3 is 9.47 Å². The second-order valence-electron chi connectivity index (χ2n) is 5.42. The maximum Gasteiger partial charge on any atom is 0.257 e. The van der Waals surface area contributed by atoms with Crippen molar-refractivity contribution < 1.29 is 14.3 Å². The summed E-state index contributed by atoms with van der Waals surface area (Å²) in [7, 11) is 0. The summed E-state index contributed by atoms with van der Waals surface area (Å²) in [6, 6.07) is 10.4. The SMILES string of the molecule is O=C(Nc1nnc(SCc2ccc(Cl)cc2Cl)s1)c1ccc2c(c1)OCO2. The van der Waals surface area contributed by atoms with Crippen LogP contribution in [0.25, 0.3) is 0 Å². The Kier molecular flexibility index (Phi) is 5.40. The summed E-state index contributed by atoms with van der Waals surface area (Å²) in [5, 5.41) is 12.5. The van der Waals surface area contributed by atoms with Crippen molar-refractivity contribution in [3.05, 3.63) is 57.6 Å². The van der Waals surface area contributed by atoms with Crippen LogP contribution in [0, 0.1) is 0 Å². The monoisotopic (exact) mass is 439 g/mol. The Morgan fingerprint density at radius 3 is 2.85 bits per heavy atom. The second-order valence-corrected chi connectivity index (χ2v) is 8.46. The van der Waals surface area contributed by atoms with Gasteiger partial charge in [-0.25, -0.2) is 0 Å². The molecule has 4 rings (SSSR count). The molecule has 1 N–H and O–H groups in total. The smallest absolute Gasteiger partial charge is 0.257 e. The Labute approximate surface area is 172 Å². The van der Waals surface area contributed by atoms with Crippen LogP contribution in [0.5, 0.6) is 11.5 Å². The van der Waals surface area contributed by atoms with E-state index in [4.69, 9.17) is 32.7 Å². The molecule has 27 heavy (non-hydrogen) atoms. The first kappa shape index (κ1) is 18.4. The number of nitrogens with one attached hydrogen (secondary N) is 1. The number of halogens is 2. The Morgan fingerprint density at radius 1 is 1.15 bits per heavy atom. The fourth-order valence-electron chi connectivity index (χ4n) is 2.30. The van der Waals surface area contributed by atoms with Crippen LogP contribution >= 0.6 is 46.3 Å². The van der Waals surface area contributed by atoms with Crippen molar-refractivity contribution in [2.24, 2.45) is 0 Å². The molecule has 1 aliphatic heterocycles. The summed E-state index contributed by atoms with van der Waals surface area (Å²) in [5.74, 6) is 1.51. The van der Waals surface area contributed by atoms with Crippen LogP contribution in [0.3, 0.4) is 0 Å². The minimum absolute atomic E-state index is 0.162. The maximum atomic E-state index is 12.4. The lowest BCUT2D eigenvalue weighted by Crippen LogP contribution is -2.11. The molecule has 6 nitrogen and oxygen atoms in total. The summed E-state index contributed by atoms with van der Waals surface area (Å²) in [6.45, 7) is 0.162. The number of nitrogens with zero attached hydrogens (tertiary/aromatic N) is 2. The predicted molar refractivity (Wildman–Crippen MR) is 106 cm³/mol. The Morgan fingerprint density at radius 2 is 2.00 bits per heavy atom. The molecule has 0 saturated heterocycles. The van der Waals surface area contributed by atoms with E-state index in [1.165, 1.54) is 23.1 Å². The molecule has 10 heteroatoms. The van der Waals surface area contributed by atoms with Crippen LogP contribution in [0.2, 0.25) is 10.0 Å². The highest BCUT2D eigenvalue weighted by atomic mass is 35.5. The van der Waals surface area contributed by atoms with E-state index in [0.717, 1.165) is 9.90 Å². The molecular formula is C17H11Cl2N3O3S2. The van der Waals surface area contributed by atoms with Crippen molar-refractivity contribution in [1.29, 1.82) is 0 Å². The largest absolute Gasteiger partial charge is 0.454 e. The molecule has 1 aliphatic rings. The standard InChI is InChI=1S/C17H11Cl2N3O3S2/c18-11-3-1-10(12(19)6-11)7-26-17-22-21-16(27-17)20-15(23)9-2-4-13-14(5-9)25-8-24-13/h1-6H,7-8H2,(H,20,21,23). The molecule has 0 spiro atoms. The number of rotatable bonds is 5. The highest BCUT2D eigenvalue weighted by molar-refractivity contribution is 8.00. The normalized spacial score (nSPS) is 12.2. The maximum absolute atomic E-state index is 12.4. The molecule has 1 aromatic heterocycles. The van der Waals surface area contributed by atoms with Crippen LogP contribution in [-0.2, 0) is 5.75 Å². The number of amides is 1. The number of fused-ring (bicyclic) bond motifs is 1. The van der Waals surface area contributed by atoms with Crippen molar-refractivity contribution in [3.8, 4) is 11.5 Å². The number of thioether (sulfide) groups is 1. The third kappa shape index (κ3) is 4.30. The minimum Gasteiger partial charge on any atom is -0.454 e. The number of carbonyl (C=O) groups is 1. The molecule has 0 fully saturated rings. The van der Waals surface area contributed by atoms with Gasteiger partial charge in [0, 0.05) is 21.4 Å². The van der Waals surface area contributed by atoms with E-state index in [-0.39, 0.29) is 12.7 Å². The first-order valence-electron chi connectivity index (χ1n) is 7.70. The molecule has 0 saturated carbocycles. The topological polar surface area (TPSA) is 73.3 Å². The zero-order valence-electron chi connectivity index (χ0n) is 13.6. The third-order valence-electron chi connectivity index (χ3n) is 3.63. The Bertz CT molecular complexity index is 1010. The van der Waals surface area contributed by atoms with Gasteiger partial charge in [0.15, 0.2) is 15.8 Å². The highest BCUT2D eigenvalue weighted by Gasteiger charge is 2.17. The van der Waals surface area contributed by atoms with Gasteiger partial charge in [0.25, 0.3) is 5.91 Å². The molecule has 2 heterocycles. The lowest BCUT2D eigenvalue weighted by molar-refractivity contribution is 0.102. The van der Waals surface area contributed by atoms with Crippen molar-refractivity contribution in [2.45, 2.75) is 10.1 Å². The van der Waals surface area contributed by atoms with Crippen LogP contribution < -0.4 is 14.8 Å². The van der Waals surface area contributed by atoms with Gasteiger partial charge in [0.1, 0.15) is 0 Å². The van der Waals surface area contributed by atoms with Crippen molar-refractivity contribution >= 4 is 57.3 Å². The molecule has 0 radical (unpaired) electrons. The molecule has 0 unspecified atom stereocenters. The van der Waals surface area contributed by atoms with Crippen molar-refractivity contribution in [1.82, 2.24) is 10.2 Å². The number of hydrogen-bond acceptors (Lipinski definition) is 7. The van der Waals surface area contributed by atoms with Crippen molar-refractivity contribution in [2.75, 3.05) is 12.1 Å². The third-order valence-corrected chi connectivity index (χ3v) is 6.24. The average Bonchev–Trinajstić information content (AvgIpc) is 3.29. The van der Waals surface area contributed by atoms with Gasteiger partial charge in [-0.15, -0.1) is 10.2 Å². The molecule has 3 aromatic rings. The second kappa shape index (κ2) is 7.93. The molecule has 0 atom stereocenters. The lowest BCUT2D eigenvalue weighted by Gasteiger charge is -2.03. The number of hydrogen-bond donors (Lipinski definition) is 1. The number of anilines is 1. The fraction of sp³-hybridized carbons (Fsp3) is 0.118. The van der Waals surface area contributed by atoms with Gasteiger partial charge in [-0.3, -0.25) is 10.1 Å². The summed E-state index contributed by atoms with van der Waals surface area (Å²) in [6.07, 6.45) is 0.